The van der Waals surface area contributed by atoms with Gasteiger partial charge in [-0.2, -0.15) is 0 Å². The molecule has 0 radical (unpaired) electrons. The number of aliphatic carboxylic acids is 2. The van der Waals surface area contributed by atoms with Crippen LogP contribution in [0.15, 0.2) is 0 Å². The SMILES string of the molecule is [2H]OC(=O)C(C)(C)CCSSC(C)(C)CCC(=O)NCCOCCOCCN(C=O)CCOCCOCCNC(=O)CCC(C)(C)SSCCC(C)(C)C(=O)O[2H]. The zero-order valence-corrected chi connectivity index (χ0v) is 37.6. The number of carbonyl (C=O) groups excluding carboxylic acids is 3. The Balaban J connectivity index is 3.77. The van der Waals surface area contributed by atoms with Crippen LogP contribution in [-0.4, -0.2) is 145 Å². The Bertz CT molecular complexity index is 1080. The van der Waals surface area contributed by atoms with Gasteiger partial charge in [-0.05, 0) is 81.1 Å². The van der Waals surface area contributed by atoms with Crippen LogP contribution in [0.3, 0.4) is 0 Å². The van der Waals surface area contributed by atoms with E-state index in [-0.39, 0.29) is 21.3 Å². The molecule has 0 aromatic rings. The summed E-state index contributed by atoms with van der Waals surface area (Å²) < 4.78 is 35.5. The Morgan fingerprint density at radius 2 is 0.964 bits per heavy atom. The summed E-state index contributed by atoms with van der Waals surface area (Å²) in [5.74, 6) is 0.321. The monoisotopic (exact) mass is 861 g/mol. The van der Waals surface area contributed by atoms with Gasteiger partial charge in [0, 0.05) is 60.0 Å². The molecule has 18 heteroatoms. The van der Waals surface area contributed by atoms with Crippen LogP contribution in [-0.2, 0) is 42.9 Å². The van der Waals surface area contributed by atoms with Gasteiger partial charge in [-0.1, -0.05) is 43.2 Å². The highest BCUT2D eigenvalue weighted by Gasteiger charge is 2.28. The van der Waals surface area contributed by atoms with Crippen LogP contribution < -0.4 is 10.6 Å². The molecule has 0 aromatic carbocycles. The van der Waals surface area contributed by atoms with Crippen molar-refractivity contribution in [1.29, 1.82) is 2.86 Å². The van der Waals surface area contributed by atoms with Crippen molar-refractivity contribution in [3.05, 3.63) is 0 Å². The second-order valence-corrected chi connectivity index (χ2v) is 21.7. The van der Waals surface area contributed by atoms with Crippen LogP contribution in [0.2, 0.25) is 0 Å². The molecule has 0 fully saturated rings. The highest BCUT2D eigenvalue weighted by atomic mass is 33.1. The predicted molar refractivity (Wildman–Crippen MR) is 226 cm³/mol. The fourth-order valence-electron chi connectivity index (χ4n) is 4.04. The number of carboxylic acids is 2. The second kappa shape index (κ2) is 29.8. The van der Waals surface area contributed by atoms with Crippen molar-refractivity contribution in [2.24, 2.45) is 10.8 Å². The maximum absolute atomic E-state index is 12.3. The van der Waals surface area contributed by atoms with Crippen LogP contribution in [0.25, 0.3) is 2.86 Å². The van der Waals surface area contributed by atoms with Gasteiger partial charge >= 0.3 is 11.9 Å². The van der Waals surface area contributed by atoms with Gasteiger partial charge in [0.05, 0.1) is 63.7 Å². The van der Waals surface area contributed by atoms with E-state index in [1.54, 1.807) is 75.8 Å². The van der Waals surface area contributed by atoms with E-state index >= 15 is 0 Å². The van der Waals surface area contributed by atoms with Gasteiger partial charge in [-0.25, -0.2) is 0 Å². The van der Waals surface area contributed by atoms with E-state index in [9.17, 15) is 24.0 Å². The fraction of sp³-hybridized carbons (Fsp3) is 0.865. The van der Waals surface area contributed by atoms with Crippen molar-refractivity contribution < 1.29 is 53.1 Å². The summed E-state index contributed by atoms with van der Waals surface area (Å²) in [7, 11) is 6.67. The molecule has 0 aliphatic rings. The molecule has 0 rings (SSSR count). The number of hydrogen-bond acceptors (Lipinski definition) is 15. The third-order valence-electron chi connectivity index (χ3n) is 8.28. The number of nitrogens with one attached hydrogen (secondary N) is 2. The first-order valence-corrected chi connectivity index (χ1v) is 23.4. The molecule has 55 heavy (non-hydrogen) atoms. The van der Waals surface area contributed by atoms with Gasteiger partial charge in [0.2, 0.25) is 18.2 Å². The predicted octanol–water partition coefficient (Wildman–Crippen LogP) is 5.63. The fourth-order valence-corrected chi connectivity index (χ4v) is 9.82. The van der Waals surface area contributed by atoms with E-state index in [4.69, 9.17) is 21.8 Å². The standard InChI is InChI=1S/C37H69N3O11S4/c1-34(2,32(44)45)13-27-52-54-36(5,6)11-9-30(42)38-15-19-48-23-25-50-21-17-40(29-41)18-22-51-26-24-49-20-16-39-31(43)10-12-37(7,8)55-53-28-14-35(3,4)33(46)47/h29H,9-28H2,1-8H3,(H,38,42)(H,39,43)(H,44,45)(H,46,47)/i/hD2. The van der Waals surface area contributed by atoms with E-state index in [0.29, 0.717) is 118 Å². The third kappa shape index (κ3) is 30.4. The zero-order chi connectivity index (χ0) is 43.2. The molecular formula is C37H69N3O11S4. The molecule has 4 N–H and O–H groups in total. The van der Waals surface area contributed by atoms with E-state index in [1.165, 1.54) is 0 Å². The quantitative estimate of drug-likeness (QED) is 0.0342. The smallest absolute Gasteiger partial charge is 0.309 e. The number of ether oxygens (including phenoxy) is 4. The first-order chi connectivity index (χ1) is 26.8. The van der Waals surface area contributed by atoms with E-state index in [0.717, 1.165) is 17.9 Å². The lowest BCUT2D eigenvalue weighted by Gasteiger charge is -2.24. The lowest BCUT2D eigenvalue weighted by molar-refractivity contribution is -0.147. The summed E-state index contributed by atoms with van der Waals surface area (Å²) in [6, 6.07) is 0. The average Bonchev–Trinajstić information content (AvgIpc) is 3.16. The lowest BCUT2D eigenvalue weighted by atomic mass is 9.91. The Morgan fingerprint density at radius 1 is 0.600 bits per heavy atom. The molecule has 0 aromatic heterocycles. The largest absolute Gasteiger partial charge is 0.481 e. The minimum Gasteiger partial charge on any atom is -0.481 e. The van der Waals surface area contributed by atoms with Gasteiger partial charge < -0.3 is 44.7 Å². The minimum absolute atomic E-state index is 0.0375. The van der Waals surface area contributed by atoms with Crippen LogP contribution in [0.5, 0.6) is 0 Å². The summed E-state index contributed by atoms with van der Waals surface area (Å²) in [5.41, 5.74) is -1.39. The Labute approximate surface area is 348 Å². The second-order valence-electron chi connectivity index (χ2n) is 15.5. The Hall–Kier alpha value is -1.41. The van der Waals surface area contributed by atoms with Gasteiger partial charge in [-0.15, -0.1) is 0 Å². The topological polar surface area (TPSA) is 190 Å². The Kier molecular flexibility index (Phi) is 26.9. The lowest BCUT2D eigenvalue weighted by Crippen LogP contribution is -2.31. The normalized spacial score (nSPS) is 12.7. The molecule has 0 heterocycles. The van der Waals surface area contributed by atoms with Crippen molar-refractivity contribution in [1.82, 2.24) is 15.5 Å². The van der Waals surface area contributed by atoms with Crippen LogP contribution in [0, 0.1) is 10.8 Å². The Morgan fingerprint density at radius 3 is 1.31 bits per heavy atom. The molecule has 0 saturated carbocycles. The summed E-state index contributed by atoms with van der Waals surface area (Å²) in [6.45, 7) is 20.0. The van der Waals surface area contributed by atoms with Gasteiger partial charge in [0.1, 0.15) is 0 Å². The molecule has 0 atom stereocenters. The summed E-state index contributed by atoms with van der Waals surface area (Å²) in [4.78, 5) is 60.8. The molecule has 0 bridgehead atoms. The van der Waals surface area contributed by atoms with E-state index in [2.05, 4.69) is 48.5 Å². The van der Waals surface area contributed by atoms with Gasteiger partial charge in [-0.3, -0.25) is 24.0 Å². The molecule has 0 unspecified atom stereocenters. The van der Waals surface area contributed by atoms with Crippen molar-refractivity contribution in [3.8, 4) is 0 Å². The summed E-state index contributed by atoms with van der Waals surface area (Å²) >= 11 is 0. The number of nitrogens with zero attached hydrogens (tertiary/aromatic N) is 1. The van der Waals surface area contributed by atoms with Gasteiger partial charge in [0.25, 0.3) is 2.86 Å². The van der Waals surface area contributed by atoms with Crippen molar-refractivity contribution in [2.45, 2.75) is 103 Å². The number of carbonyl (C=O) groups is 5. The van der Waals surface area contributed by atoms with Crippen molar-refractivity contribution >= 4 is 73.3 Å². The number of hydrogen-bond donors (Lipinski definition) is 4. The number of rotatable bonds is 37. The highest BCUT2D eigenvalue weighted by Crippen LogP contribution is 2.41. The molecule has 0 aliphatic heterocycles. The highest BCUT2D eigenvalue weighted by molar-refractivity contribution is 8.77. The van der Waals surface area contributed by atoms with Crippen molar-refractivity contribution in [2.75, 3.05) is 90.5 Å². The van der Waals surface area contributed by atoms with E-state index in [1.807, 2.05) is 0 Å². The molecule has 14 nitrogen and oxygen atoms in total. The summed E-state index contributed by atoms with van der Waals surface area (Å²) in [5, 5.41) is 14.0. The molecule has 3 amide bonds. The number of amides is 3. The summed E-state index contributed by atoms with van der Waals surface area (Å²) in [6.07, 6.45) is 4.15. The average molecular weight is 862 g/mol. The molecule has 0 aliphatic carbocycles. The molecular weight excluding hydrogens is 791 g/mol. The molecule has 0 saturated heterocycles. The van der Waals surface area contributed by atoms with Gasteiger partial charge in [0.15, 0.2) is 0 Å². The third-order valence-corrected chi connectivity index (χ3v) is 15.0. The number of carboxylic acid groups (broad SMARTS) is 2. The molecule has 322 valence electrons. The van der Waals surface area contributed by atoms with Crippen LogP contribution in [0.1, 0.15) is 93.9 Å². The van der Waals surface area contributed by atoms with Crippen LogP contribution in [0.4, 0.5) is 0 Å². The first-order valence-electron chi connectivity index (χ1n) is 19.6. The maximum atomic E-state index is 12.3. The zero-order valence-electron chi connectivity index (χ0n) is 36.3. The van der Waals surface area contributed by atoms with Crippen molar-refractivity contribution in [3.63, 3.8) is 0 Å². The van der Waals surface area contributed by atoms with Crippen LogP contribution >= 0.6 is 43.2 Å². The first kappa shape index (κ1) is 49.7. The van der Waals surface area contributed by atoms with E-state index < -0.39 is 22.8 Å². The minimum atomic E-state index is -0.696. The maximum Gasteiger partial charge on any atom is 0.309 e. The molecule has 0 spiro atoms.